The summed E-state index contributed by atoms with van der Waals surface area (Å²) < 4.78 is 23.3. The van der Waals surface area contributed by atoms with Crippen molar-refractivity contribution >= 4 is 17.5 Å². The van der Waals surface area contributed by atoms with Gasteiger partial charge in [-0.3, -0.25) is 4.79 Å². The first-order valence-electron chi connectivity index (χ1n) is 15.5. The molecule has 0 saturated heterocycles. The predicted octanol–water partition coefficient (Wildman–Crippen LogP) is 6.74. The lowest BCUT2D eigenvalue weighted by molar-refractivity contribution is -0.129. The number of hydrogen-bond acceptors (Lipinski definition) is 9. The summed E-state index contributed by atoms with van der Waals surface area (Å²) in [5.74, 6) is 1.58. The van der Waals surface area contributed by atoms with Gasteiger partial charge >= 0.3 is 0 Å². The van der Waals surface area contributed by atoms with Gasteiger partial charge in [-0.05, 0) is 69.7 Å². The van der Waals surface area contributed by atoms with Crippen molar-refractivity contribution in [1.82, 2.24) is 5.32 Å². The molecule has 0 aliphatic carbocycles. The molecule has 49 heavy (non-hydrogen) atoms. The van der Waals surface area contributed by atoms with Gasteiger partial charge in [0.05, 0.1) is 13.2 Å². The number of amides is 1. The average molecular weight is 661 g/mol. The molecule has 2 aliphatic heterocycles. The Morgan fingerprint density at radius 2 is 1.76 bits per heavy atom. The van der Waals surface area contributed by atoms with Crippen LogP contribution in [0, 0.1) is 0 Å². The van der Waals surface area contributed by atoms with Crippen LogP contribution in [0.5, 0.6) is 17.2 Å². The maximum atomic E-state index is 14.8. The molecule has 1 amide bonds. The molecule has 14 heteroatoms. The lowest BCUT2D eigenvalue weighted by Crippen LogP contribution is -2.50. The van der Waals surface area contributed by atoms with Gasteiger partial charge in [-0.15, -0.1) is 0 Å². The summed E-state index contributed by atoms with van der Waals surface area (Å²) in [6.45, 7) is 0.667. The fraction of sp³-hybridized carbons (Fsp3) is 0.257. The Morgan fingerprint density at radius 3 is 2.55 bits per heavy atom. The number of nitrogens with zero attached hydrogens (tertiary/aromatic N) is 7. The number of fused-ring (bicyclic) bond motifs is 1. The second-order valence-corrected chi connectivity index (χ2v) is 11.2. The number of ether oxygens (including phenoxy) is 4. The summed E-state index contributed by atoms with van der Waals surface area (Å²) in [5, 5.41) is 19.9. The third-order valence-electron chi connectivity index (χ3n) is 8.17. The van der Waals surface area contributed by atoms with E-state index in [4.69, 9.17) is 34.6 Å². The van der Waals surface area contributed by atoms with E-state index in [2.05, 4.69) is 25.4 Å². The maximum absolute atomic E-state index is 14.8. The fourth-order valence-corrected chi connectivity index (χ4v) is 5.78. The third kappa shape index (κ3) is 7.21. The van der Waals surface area contributed by atoms with E-state index in [1.807, 2.05) is 36.4 Å². The number of nitrogens with one attached hydrogen (secondary N) is 1. The number of azide groups is 2. The van der Waals surface area contributed by atoms with E-state index in [0.29, 0.717) is 58.2 Å². The molecule has 4 aromatic carbocycles. The van der Waals surface area contributed by atoms with E-state index >= 15 is 0 Å². The Morgan fingerprint density at radius 1 is 0.980 bits per heavy atom. The number of aliphatic imine (C=N–C) groups is 1. The van der Waals surface area contributed by atoms with Crippen molar-refractivity contribution in [2.75, 3.05) is 20.0 Å². The quantitative estimate of drug-likeness (QED) is 0.0649. The Kier molecular flexibility index (Phi) is 10.1. The van der Waals surface area contributed by atoms with Gasteiger partial charge in [0.2, 0.25) is 12.7 Å². The molecule has 0 aromatic heterocycles. The Hall–Kier alpha value is -6.20. The van der Waals surface area contributed by atoms with Crippen molar-refractivity contribution in [2.24, 2.45) is 15.2 Å². The van der Waals surface area contributed by atoms with E-state index < -0.39 is 17.6 Å². The molecule has 2 atom stereocenters. The van der Waals surface area contributed by atoms with Gasteiger partial charge in [0.15, 0.2) is 23.1 Å². The number of aliphatic hydroxyl groups excluding tert-OH is 1. The summed E-state index contributed by atoms with van der Waals surface area (Å²) in [6.07, 6.45) is -0.485. The molecule has 0 radical (unpaired) electrons. The Bertz CT molecular complexity index is 1960. The van der Waals surface area contributed by atoms with Crippen molar-refractivity contribution < 1.29 is 28.8 Å². The standard InChI is InChI=1S/C35H32N8O6/c36-42-39-21-26-7-1-3-8-28(26)32-35(19-25-6-2-4-9-29(25)41-43-37,34(45)38-20-23-10-15-30-31(18-23)48-22-47-30)40-33(49-32)24-11-13-27(14-12-24)46-17-5-16-44/h1-4,6-15,18,32,44H,5,16-17,19-22H2,(H,38,45)/t32-,35-/m1/s1. The largest absolute Gasteiger partial charge is 0.494 e. The van der Waals surface area contributed by atoms with Crippen LogP contribution in [0.25, 0.3) is 20.9 Å². The van der Waals surface area contributed by atoms with Crippen LogP contribution < -0.4 is 19.5 Å². The monoisotopic (exact) mass is 660 g/mol. The number of hydrogen-bond donors (Lipinski definition) is 2. The molecule has 4 aromatic rings. The number of benzene rings is 4. The third-order valence-corrected chi connectivity index (χ3v) is 8.17. The Labute approximate surface area is 281 Å². The van der Waals surface area contributed by atoms with Gasteiger partial charge in [-0.1, -0.05) is 64.8 Å². The minimum Gasteiger partial charge on any atom is -0.494 e. The second-order valence-electron chi connectivity index (χ2n) is 11.2. The van der Waals surface area contributed by atoms with Crippen molar-refractivity contribution in [3.8, 4) is 17.2 Å². The highest BCUT2D eigenvalue weighted by Crippen LogP contribution is 2.45. The van der Waals surface area contributed by atoms with Crippen molar-refractivity contribution in [1.29, 1.82) is 0 Å². The lowest BCUT2D eigenvalue weighted by Gasteiger charge is -2.32. The van der Waals surface area contributed by atoms with Crippen molar-refractivity contribution in [2.45, 2.75) is 37.6 Å². The van der Waals surface area contributed by atoms with E-state index in [1.165, 1.54) is 0 Å². The van der Waals surface area contributed by atoms with Crippen LogP contribution in [0.4, 0.5) is 5.69 Å². The van der Waals surface area contributed by atoms with E-state index in [-0.39, 0.29) is 38.8 Å². The van der Waals surface area contributed by atoms with Crippen molar-refractivity contribution in [3.63, 3.8) is 0 Å². The molecule has 0 saturated carbocycles. The normalized spacial score (nSPS) is 17.2. The van der Waals surface area contributed by atoms with Crippen LogP contribution in [0.15, 0.2) is 106 Å². The highest BCUT2D eigenvalue weighted by molar-refractivity contribution is 6.01. The SMILES string of the molecule is [N-]=[N+]=NCc1ccccc1[C@H]1OC(c2ccc(OCCCO)cc2)=N[C@@]1(Cc1ccccc1N=[N+]=[N-])C(=O)NCc1ccc2c(c1)OCO2. The van der Waals surface area contributed by atoms with Crippen LogP contribution in [-0.2, 0) is 29.0 Å². The molecule has 0 unspecified atom stereocenters. The molecule has 0 spiro atoms. The van der Waals surface area contributed by atoms with Crippen molar-refractivity contribution in [3.05, 3.63) is 140 Å². The summed E-state index contributed by atoms with van der Waals surface area (Å²) in [5.41, 5.74) is 20.4. The van der Waals surface area contributed by atoms with E-state index in [1.54, 1.807) is 54.6 Å². The highest BCUT2D eigenvalue weighted by atomic mass is 16.7. The van der Waals surface area contributed by atoms with Gasteiger partial charge in [-0.25, -0.2) is 4.99 Å². The molecule has 2 heterocycles. The molecule has 2 aliphatic rings. The Balaban J connectivity index is 1.45. The number of carbonyl (C=O) groups is 1. The van der Waals surface area contributed by atoms with Gasteiger partial charge in [-0.2, -0.15) is 0 Å². The number of carbonyl (C=O) groups excluding carboxylic acids is 1. The van der Waals surface area contributed by atoms with Gasteiger partial charge in [0.25, 0.3) is 5.91 Å². The molecule has 0 bridgehead atoms. The summed E-state index contributed by atoms with van der Waals surface area (Å²) in [4.78, 5) is 25.8. The zero-order valence-corrected chi connectivity index (χ0v) is 26.3. The van der Waals surface area contributed by atoms with Crippen LogP contribution in [0.3, 0.4) is 0 Å². The first-order chi connectivity index (χ1) is 24.0. The van der Waals surface area contributed by atoms with E-state index in [9.17, 15) is 10.3 Å². The van der Waals surface area contributed by atoms with Gasteiger partial charge in [0, 0.05) is 47.1 Å². The molecular weight excluding hydrogens is 628 g/mol. The zero-order chi connectivity index (χ0) is 34.1. The molecular formula is C35H32N8O6. The number of rotatable bonds is 14. The molecule has 6 rings (SSSR count). The second kappa shape index (κ2) is 15.1. The predicted molar refractivity (Wildman–Crippen MR) is 179 cm³/mol. The van der Waals surface area contributed by atoms with Crippen LogP contribution in [-0.4, -0.2) is 42.5 Å². The van der Waals surface area contributed by atoms with Crippen LogP contribution in [0.1, 0.15) is 40.3 Å². The number of aliphatic hydroxyl groups is 1. The molecule has 248 valence electrons. The minimum absolute atomic E-state index is 0.00153. The summed E-state index contributed by atoms with van der Waals surface area (Å²) >= 11 is 0. The summed E-state index contributed by atoms with van der Waals surface area (Å²) in [6, 6.07) is 26.8. The smallest absolute Gasteiger partial charge is 0.252 e. The molecule has 2 N–H and O–H groups in total. The molecule has 0 fully saturated rings. The topological polar surface area (TPSA) is 196 Å². The van der Waals surface area contributed by atoms with Gasteiger partial charge < -0.3 is 29.4 Å². The molecule has 14 nitrogen and oxygen atoms in total. The van der Waals surface area contributed by atoms with Crippen LogP contribution in [0.2, 0.25) is 0 Å². The first-order valence-corrected chi connectivity index (χ1v) is 15.5. The van der Waals surface area contributed by atoms with Crippen LogP contribution >= 0.6 is 0 Å². The fourth-order valence-electron chi connectivity index (χ4n) is 5.78. The maximum Gasteiger partial charge on any atom is 0.252 e. The zero-order valence-electron chi connectivity index (χ0n) is 26.3. The first kappa shape index (κ1) is 32.7. The minimum atomic E-state index is -1.62. The average Bonchev–Trinajstić information content (AvgIpc) is 3.76. The summed E-state index contributed by atoms with van der Waals surface area (Å²) in [7, 11) is 0. The highest BCUT2D eigenvalue weighted by Gasteiger charge is 2.54. The van der Waals surface area contributed by atoms with E-state index in [0.717, 1.165) is 5.56 Å². The lowest BCUT2D eigenvalue weighted by atomic mass is 9.80. The van der Waals surface area contributed by atoms with Gasteiger partial charge in [0.1, 0.15) is 5.75 Å².